The maximum Gasteiger partial charge on any atom is 0.408 e. The Labute approximate surface area is 251 Å². The van der Waals surface area contributed by atoms with Crippen molar-refractivity contribution in [1.29, 1.82) is 0 Å². The first kappa shape index (κ1) is 34.2. The number of rotatable bonds is 14. The Morgan fingerprint density at radius 3 is 2.14 bits per heavy atom. The summed E-state index contributed by atoms with van der Waals surface area (Å²) in [6, 6.07) is 12.2. The fraction of sp³-hybridized carbons (Fsp3) is 0.500. The summed E-state index contributed by atoms with van der Waals surface area (Å²) < 4.78 is 10.7. The highest BCUT2D eigenvalue weighted by Gasteiger charge is 2.36. The van der Waals surface area contributed by atoms with Crippen molar-refractivity contribution in [1.82, 2.24) is 10.2 Å². The highest BCUT2D eigenvalue weighted by Crippen LogP contribution is 2.27. The van der Waals surface area contributed by atoms with Crippen LogP contribution in [-0.4, -0.2) is 48.1 Å². The van der Waals surface area contributed by atoms with Gasteiger partial charge in [-0.15, -0.1) is 6.42 Å². The van der Waals surface area contributed by atoms with Crippen LogP contribution in [0.3, 0.4) is 0 Å². The van der Waals surface area contributed by atoms with Gasteiger partial charge in [0.15, 0.2) is 0 Å². The van der Waals surface area contributed by atoms with Crippen LogP contribution in [-0.2, 0) is 14.3 Å². The summed E-state index contributed by atoms with van der Waals surface area (Å²) in [4.78, 5) is 42.8. The van der Waals surface area contributed by atoms with Crippen LogP contribution in [0, 0.1) is 18.3 Å². The van der Waals surface area contributed by atoms with Gasteiger partial charge in [0, 0.05) is 17.8 Å². The third-order valence-corrected chi connectivity index (χ3v) is 6.54. The van der Waals surface area contributed by atoms with Gasteiger partial charge in [0.25, 0.3) is 5.91 Å². The second kappa shape index (κ2) is 16.5. The zero-order valence-electron chi connectivity index (χ0n) is 26.2. The molecule has 0 aliphatic rings. The summed E-state index contributed by atoms with van der Waals surface area (Å²) in [6.45, 7) is 11.7. The predicted molar refractivity (Wildman–Crippen MR) is 167 cm³/mol. The van der Waals surface area contributed by atoms with E-state index in [1.54, 1.807) is 81.3 Å². The highest BCUT2D eigenvalue weighted by molar-refractivity contribution is 5.99. The van der Waals surface area contributed by atoms with Crippen molar-refractivity contribution in [3.05, 3.63) is 59.7 Å². The first-order valence-corrected chi connectivity index (χ1v) is 14.7. The Morgan fingerprint density at radius 2 is 1.62 bits per heavy atom. The molecule has 0 aliphatic carbocycles. The van der Waals surface area contributed by atoms with Crippen molar-refractivity contribution in [2.24, 2.45) is 5.92 Å². The zero-order chi connectivity index (χ0) is 31.3. The number of anilines is 1. The molecule has 2 rings (SSSR count). The number of terminal acetylenes is 1. The van der Waals surface area contributed by atoms with Crippen LogP contribution >= 0.6 is 0 Å². The van der Waals surface area contributed by atoms with Crippen molar-refractivity contribution in [2.75, 3.05) is 19.0 Å². The van der Waals surface area contributed by atoms with E-state index in [0.29, 0.717) is 42.0 Å². The number of ether oxygens (including phenoxy) is 2. The lowest BCUT2D eigenvalue weighted by Gasteiger charge is -2.35. The van der Waals surface area contributed by atoms with Gasteiger partial charge in [0.1, 0.15) is 23.4 Å². The molecule has 0 heterocycles. The normalized spacial score (nSPS) is 12.5. The summed E-state index contributed by atoms with van der Waals surface area (Å²) in [5, 5.41) is 5.76. The lowest BCUT2D eigenvalue weighted by Crippen LogP contribution is -2.53. The van der Waals surface area contributed by atoms with Crippen LogP contribution in [0.15, 0.2) is 48.5 Å². The van der Waals surface area contributed by atoms with Gasteiger partial charge < -0.3 is 25.0 Å². The second-order valence-corrected chi connectivity index (χ2v) is 11.8. The average molecular weight is 578 g/mol. The summed E-state index contributed by atoms with van der Waals surface area (Å²) >= 11 is 0. The molecule has 2 N–H and O–H groups in total. The number of hydrogen-bond acceptors (Lipinski definition) is 5. The van der Waals surface area contributed by atoms with Crippen LogP contribution in [0.2, 0.25) is 0 Å². The molecule has 0 aliphatic heterocycles. The summed E-state index contributed by atoms with van der Waals surface area (Å²) in [5.74, 6) is 2.63. The number of carbonyl (C=O) groups is 3. The summed E-state index contributed by atoms with van der Waals surface area (Å²) in [5.41, 5.74) is 1.12. The molecule has 0 radical (unpaired) electrons. The van der Waals surface area contributed by atoms with E-state index in [9.17, 15) is 14.4 Å². The van der Waals surface area contributed by atoms with E-state index in [1.807, 2.05) is 13.8 Å². The Kier molecular flexibility index (Phi) is 13.4. The van der Waals surface area contributed by atoms with E-state index in [0.717, 1.165) is 19.3 Å². The Hall–Kier alpha value is -3.99. The monoisotopic (exact) mass is 577 g/mol. The molecule has 8 nitrogen and oxygen atoms in total. The molecule has 2 aromatic carbocycles. The maximum atomic E-state index is 14.3. The molecule has 0 spiro atoms. The number of amides is 3. The van der Waals surface area contributed by atoms with Gasteiger partial charge in [-0.1, -0.05) is 58.1 Å². The van der Waals surface area contributed by atoms with Crippen LogP contribution in [0.1, 0.15) is 90.8 Å². The van der Waals surface area contributed by atoms with E-state index in [2.05, 4.69) is 23.5 Å². The Bertz CT molecular complexity index is 1190. The SMILES string of the molecule is C#Cc1ccc(C(C(=O)Nc2ccc(OC)cc2)N(CCCCCC)C(=O)C(CC(C)C)NC(=O)OC(C)(C)C)cc1. The van der Waals surface area contributed by atoms with Crippen molar-refractivity contribution in [2.45, 2.75) is 91.3 Å². The molecule has 2 aromatic rings. The maximum absolute atomic E-state index is 14.3. The van der Waals surface area contributed by atoms with Gasteiger partial charge >= 0.3 is 6.09 Å². The average Bonchev–Trinajstić information content (AvgIpc) is 2.93. The number of nitrogens with zero attached hydrogens (tertiary/aromatic N) is 1. The predicted octanol–water partition coefficient (Wildman–Crippen LogP) is 6.70. The summed E-state index contributed by atoms with van der Waals surface area (Å²) in [6.07, 6.45) is 8.93. The molecule has 42 heavy (non-hydrogen) atoms. The number of carbonyl (C=O) groups excluding carboxylic acids is 3. The molecule has 228 valence electrons. The third kappa shape index (κ3) is 11.1. The molecule has 0 saturated heterocycles. The molecule has 2 unspecified atom stereocenters. The molecule has 2 atom stereocenters. The van der Waals surface area contributed by atoms with Gasteiger partial charge in [-0.05, 0) is 81.5 Å². The van der Waals surface area contributed by atoms with E-state index in [4.69, 9.17) is 15.9 Å². The molecular formula is C34H47N3O5. The topological polar surface area (TPSA) is 97.0 Å². The zero-order valence-corrected chi connectivity index (χ0v) is 26.2. The highest BCUT2D eigenvalue weighted by atomic mass is 16.6. The van der Waals surface area contributed by atoms with Crippen LogP contribution < -0.4 is 15.4 Å². The minimum Gasteiger partial charge on any atom is -0.497 e. The number of benzene rings is 2. The minimum absolute atomic E-state index is 0.0947. The van der Waals surface area contributed by atoms with Gasteiger partial charge in [-0.3, -0.25) is 9.59 Å². The third-order valence-electron chi connectivity index (χ3n) is 6.54. The number of alkyl carbamates (subject to hydrolysis) is 1. The minimum atomic E-state index is -0.969. The molecule has 0 bridgehead atoms. The molecule has 3 amide bonds. The van der Waals surface area contributed by atoms with Gasteiger partial charge in [-0.25, -0.2) is 4.79 Å². The van der Waals surface area contributed by atoms with Crippen molar-refractivity contribution in [3.8, 4) is 18.1 Å². The number of unbranched alkanes of at least 4 members (excludes halogenated alkanes) is 3. The van der Waals surface area contributed by atoms with Gasteiger partial charge in [-0.2, -0.15) is 0 Å². The molecule has 8 heteroatoms. The molecule has 0 aromatic heterocycles. The van der Waals surface area contributed by atoms with Crippen LogP contribution in [0.4, 0.5) is 10.5 Å². The second-order valence-electron chi connectivity index (χ2n) is 11.8. The van der Waals surface area contributed by atoms with Crippen molar-refractivity contribution >= 4 is 23.6 Å². The quantitative estimate of drug-likeness (QED) is 0.192. The number of nitrogens with one attached hydrogen (secondary N) is 2. The van der Waals surface area contributed by atoms with Crippen molar-refractivity contribution < 1.29 is 23.9 Å². The Morgan fingerprint density at radius 1 is 0.976 bits per heavy atom. The first-order chi connectivity index (χ1) is 19.9. The number of hydrogen-bond donors (Lipinski definition) is 2. The lowest BCUT2D eigenvalue weighted by atomic mass is 9.98. The Balaban J connectivity index is 2.55. The van der Waals surface area contributed by atoms with E-state index in [1.165, 1.54) is 0 Å². The fourth-order valence-electron chi connectivity index (χ4n) is 4.54. The number of methoxy groups -OCH3 is 1. The first-order valence-electron chi connectivity index (χ1n) is 14.7. The molecule has 0 fully saturated rings. The molecular weight excluding hydrogens is 530 g/mol. The van der Waals surface area contributed by atoms with E-state index in [-0.39, 0.29) is 17.7 Å². The largest absolute Gasteiger partial charge is 0.497 e. The fourth-order valence-corrected chi connectivity index (χ4v) is 4.54. The smallest absolute Gasteiger partial charge is 0.408 e. The lowest BCUT2D eigenvalue weighted by molar-refractivity contribution is -0.141. The van der Waals surface area contributed by atoms with E-state index < -0.39 is 23.8 Å². The van der Waals surface area contributed by atoms with E-state index >= 15 is 0 Å². The van der Waals surface area contributed by atoms with Crippen LogP contribution in [0.5, 0.6) is 5.75 Å². The van der Waals surface area contributed by atoms with Gasteiger partial charge in [0.2, 0.25) is 5.91 Å². The summed E-state index contributed by atoms with van der Waals surface area (Å²) in [7, 11) is 1.57. The van der Waals surface area contributed by atoms with Gasteiger partial charge in [0.05, 0.1) is 7.11 Å². The van der Waals surface area contributed by atoms with Crippen molar-refractivity contribution in [3.63, 3.8) is 0 Å². The molecule has 0 saturated carbocycles. The standard InChI is InChI=1S/C34H47N3O5/c1-9-11-12-13-22-37(32(39)29(23-24(3)4)36-33(40)42-34(5,6)7)30(26-16-14-25(10-2)15-17-26)31(38)35-27-18-20-28(41-8)21-19-27/h2,14-21,24,29-30H,9,11-13,22-23H2,1,3-8H3,(H,35,38)(H,36,40). The van der Waals surface area contributed by atoms with Crippen LogP contribution in [0.25, 0.3) is 0 Å².